The molecule has 0 amide bonds. The fraction of sp³-hybridized carbons (Fsp3) is 0. The first-order chi connectivity index (χ1) is 36.7. The highest BCUT2D eigenvalue weighted by Crippen LogP contribution is 2.42. The zero-order valence-corrected chi connectivity index (χ0v) is 40.6. The van der Waals surface area contributed by atoms with Crippen LogP contribution in [0.15, 0.2) is 291 Å². The molecule has 0 aliphatic carbocycles. The van der Waals surface area contributed by atoms with Crippen LogP contribution in [0.2, 0.25) is 0 Å². The molecular weight excluding hydrogens is 893 g/mol. The van der Waals surface area contributed by atoms with Gasteiger partial charge in [0, 0.05) is 32.9 Å². The van der Waals surface area contributed by atoms with Crippen molar-refractivity contribution in [1.82, 2.24) is 9.13 Å². The van der Waals surface area contributed by atoms with E-state index in [0.29, 0.717) is 0 Å². The molecule has 14 rings (SSSR count). The summed E-state index contributed by atoms with van der Waals surface area (Å²) in [7, 11) is 0. The minimum absolute atomic E-state index is 1.12. The van der Waals surface area contributed by atoms with Crippen molar-refractivity contribution in [2.24, 2.45) is 0 Å². The molecule has 2 heterocycles. The lowest BCUT2D eigenvalue weighted by Gasteiger charge is -2.16. The van der Waals surface area contributed by atoms with E-state index in [0.717, 1.165) is 11.4 Å². The van der Waals surface area contributed by atoms with E-state index < -0.39 is 0 Å². The quantitative estimate of drug-likeness (QED) is 0.136. The van der Waals surface area contributed by atoms with Crippen molar-refractivity contribution in [3.05, 3.63) is 291 Å². The first-order valence-electron chi connectivity index (χ1n) is 25.5. The van der Waals surface area contributed by atoms with E-state index in [1.165, 1.54) is 122 Å². The average Bonchev–Trinajstić information content (AvgIpc) is 4.00. The van der Waals surface area contributed by atoms with Gasteiger partial charge in [-0.05, 0) is 151 Å². The van der Waals surface area contributed by atoms with Gasteiger partial charge in [0.15, 0.2) is 0 Å². The highest BCUT2D eigenvalue weighted by atomic mass is 15.0. The third-order valence-electron chi connectivity index (χ3n) is 14.9. The first kappa shape index (κ1) is 43.1. The summed E-state index contributed by atoms with van der Waals surface area (Å²) in [4.78, 5) is 0. The molecule has 0 radical (unpaired) electrons. The van der Waals surface area contributed by atoms with E-state index >= 15 is 0 Å². The normalized spacial score (nSPS) is 11.5. The zero-order chi connectivity index (χ0) is 49.0. The Kier molecular flexibility index (Phi) is 10.6. The maximum atomic E-state index is 2.46. The van der Waals surface area contributed by atoms with Crippen molar-refractivity contribution < 1.29 is 0 Å². The van der Waals surface area contributed by atoms with Gasteiger partial charge in [0.25, 0.3) is 0 Å². The third-order valence-corrected chi connectivity index (χ3v) is 14.9. The summed E-state index contributed by atoms with van der Waals surface area (Å²) in [6.07, 6.45) is 0. The average molecular weight is 941 g/mol. The lowest BCUT2D eigenvalue weighted by molar-refractivity contribution is 1.18. The van der Waals surface area contributed by atoms with Crippen molar-refractivity contribution >= 4 is 43.6 Å². The van der Waals surface area contributed by atoms with Gasteiger partial charge in [-0.25, -0.2) is 0 Å². The van der Waals surface area contributed by atoms with Gasteiger partial charge in [0.05, 0.1) is 22.1 Å². The minimum Gasteiger partial charge on any atom is -0.309 e. The number of fused-ring (bicyclic) bond motifs is 6. The lowest BCUT2D eigenvalue weighted by atomic mass is 9.92. The molecule has 0 spiro atoms. The van der Waals surface area contributed by atoms with Gasteiger partial charge in [-0.15, -0.1) is 0 Å². The van der Waals surface area contributed by atoms with Gasteiger partial charge in [0.1, 0.15) is 0 Å². The Hall–Kier alpha value is -9.76. The molecule has 0 aliphatic rings. The molecule has 0 saturated carbocycles. The summed E-state index contributed by atoms with van der Waals surface area (Å²) in [6, 6.07) is 107. The molecule has 2 nitrogen and oxygen atoms in total. The third kappa shape index (κ3) is 7.60. The highest BCUT2D eigenvalue weighted by molar-refractivity contribution is 6.12. The molecular formula is C72H48N2. The molecule has 0 atom stereocenters. The van der Waals surface area contributed by atoms with E-state index in [1.54, 1.807) is 0 Å². The van der Waals surface area contributed by atoms with Crippen LogP contribution in [0.3, 0.4) is 0 Å². The van der Waals surface area contributed by atoms with Crippen molar-refractivity contribution in [3.63, 3.8) is 0 Å². The van der Waals surface area contributed by atoms with Gasteiger partial charge < -0.3 is 9.13 Å². The second-order valence-corrected chi connectivity index (χ2v) is 19.3. The monoisotopic (exact) mass is 940 g/mol. The van der Waals surface area contributed by atoms with Crippen LogP contribution < -0.4 is 0 Å². The molecule has 0 fully saturated rings. The number of para-hydroxylation sites is 2. The molecule has 0 bridgehead atoms. The Balaban J connectivity index is 0.885. The van der Waals surface area contributed by atoms with Crippen LogP contribution in [-0.2, 0) is 0 Å². The van der Waals surface area contributed by atoms with Crippen LogP contribution in [-0.4, -0.2) is 9.13 Å². The predicted octanol–water partition coefficient (Wildman–Crippen LogP) is 19.5. The van der Waals surface area contributed by atoms with Gasteiger partial charge in [-0.2, -0.15) is 0 Å². The number of rotatable bonds is 9. The Labute approximate surface area is 431 Å². The SMILES string of the molecule is c1ccc(-c2cc(-c3ccccc3)cc(-c3ccc(-n4c5ccccc5c5ccc(-c6ccc7c8ccccc8n(-c8ccc(-c9cccc(-c%10ccccc%10)c9)c(-c9ccccc9)c8)c7c6)cc54)cc3)c2)cc1. The molecule has 346 valence electrons. The van der Waals surface area contributed by atoms with Crippen LogP contribution >= 0.6 is 0 Å². The van der Waals surface area contributed by atoms with Crippen LogP contribution in [0.5, 0.6) is 0 Å². The van der Waals surface area contributed by atoms with E-state index in [-0.39, 0.29) is 0 Å². The molecule has 2 aromatic heterocycles. The number of hydrogen-bond acceptors (Lipinski definition) is 0. The summed E-state index contributed by atoms with van der Waals surface area (Å²) in [5, 5.41) is 4.93. The lowest BCUT2D eigenvalue weighted by Crippen LogP contribution is -1.96. The fourth-order valence-electron chi connectivity index (χ4n) is 11.3. The summed E-state index contributed by atoms with van der Waals surface area (Å²) < 4.78 is 4.89. The maximum Gasteiger partial charge on any atom is 0.0547 e. The topological polar surface area (TPSA) is 9.86 Å². The van der Waals surface area contributed by atoms with Crippen molar-refractivity contribution in [2.45, 2.75) is 0 Å². The zero-order valence-electron chi connectivity index (χ0n) is 40.6. The van der Waals surface area contributed by atoms with Crippen LogP contribution in [0.25, 0.3) is 133 Å². The van der Waals surface area contributed by atoms with Crippen LogP contribution in [0, 0.1) is 0 Å². The van der Waals surface area contributed by atoms with Gasteiger partial charge >= 0.3 is 0 Å². The van der Waals surface area contributed by atoms with Crippen molar-refractivity contribution in [2.75, 3.05) is 0 Å². The number of nitrogens with zero attached hydrogens (tertiary/aromatic N) is 2. The van der Waals surface area contributed by atoms with Crippen LogP contribution in [0.1, 0.15) is 0 Å². The van der Waals surface area contributed by atoms with Crippen LogP contribution in [0.4, 0.5) is 0 Å². The van der Waals surface area contributed by atoms with Gasteiger partial charge in [0.2, 0.25) is 0 Å². The van der Waals surface area contributed by atoms with E-state index in [4.69, 9.17) is 0 Å². The summed E-state index contributed by atoms with van der Waals surface area (Å²) in [5.41, 5.74) is 23.7. The Morgan fingerprint density at radius 1 is 0.162 bits per heavy atom. The maximum absolute atomic E-state index is 2.46. The molecule has 14 aromatic rings. The molecule has 0 N–H and O–H groups in total. The Morgan fingerprint density at radius 3 is 1.04 bits per heavy atom. The molecule has 0 unspecified atom stereocenters. The standard InChI is InChI=1S/C72H48N2/c1-5-18-49(19-6-1)54-26-17-27-57(42-54)63-41-38-62(48-68(63)53-24-11-4-12-25-53)74-70-31-16-14-29-65(70)67-40-35-56(47-72(67)74)55-34-39-66-64-28-13-15-30-69(64)73(71(66)46-55)61-36-32-52(33-37-61)60-44-58(50-20-7-2-8-21-50)43-59(45-60)51-22-9-3-10-23-51/h1-48H. The first-order valence-corrected chi connectivity index (χ1v) is 25.5. The summed E-state index contributed by atoms with van der Waals surface area (Å²) in [5.74, 6) is 0. The Bertz CT molecular complexity index is 4320. The largest absolute Gasteiger partial charge is 0.309 e. The second kappa shape index (κ2) is 18.1. The van der Waals surface area contributed by atoms with Crippen molar-refractivity contribution in [1.29, 1.82) is 0 Å². The fourth-order valence-corrected chi connectivity index (χ4v) is 11.3. The second-order valence-electron chi connectivity index (χ2n) is 19.3. The molecule has 12 aromatic carbocycles. The molecule has 0 aliphatic heterocycles. The van der Waals surface area contributed by atoms with E-state index in [2.05, 4.69) is 300 Å². The molecule has 2 heteroatoms. The predicted molar refractivity (Wildman–Crippen MR) is 313 cm³/mol. The highest BCUT2D eigenvalue weighted by Gasteiger charge is 2.19. The van der Waals surface area contributed by atoms with Crippen molar-refractivity contribution in [3.8, 4) is 89.3 Å². The molecule has 0 saturated heterocycles. The summed E-state index contributed by atoms with van der Waals surface area (Å²) in [6.45, 7) is 0. The van der Waals surface area contributed by atoms with Gasteiger partial charge in [-0.1, -0.05) is 218 Å². The number of hydrogen-bond donors (Lipinski definition) is 0. The number of benzene rings is 12. The minimum atomic E-state index is 1.12. The summed E-state index contributed by atoms with van der Waals surface area (Å²) >= 11 is 0. The van der Waals surface area contributed by atoms with E-state index in [9.17, 15) is 0 Å². The van der Waals surface area contributed by atoms with Gasteiger partial charge in [-0.3, -0.25) is 0 Å². The van der Waals surface area contributed by atoms with E-state index in [1.807, 2.05) is 0 Å². The molecule has 74 heavy (non-hydrogen) atoms. The number of aromatic nitrogens is 2. The Morgan fingerprint density at radius 2 is 0.514 bits per heavy atom. The smallest absolute Gasteiger partial charge is 0.0547 e.